The van der Waals surface area contributed by atoms with E-state index in [0.717, 1.165) is 12.3 Å². The van der Waals surface area contributed by atoms with Crippen molar-refractivity contribution in [1.82, 2.24) is 0 Å². The van der Waals surface area contributed by atoms with Crippen LogP contribution in [0.2, 0.25) is 0 Å². The fourth-order valence-electron chi connectivity index (χ4n) is 4.06. The van der Waals surface area contributed by atoms with Crippen LogP contribution in [0.15, 0.2) is 0 Å². The number of carbonyl (C=O) groups excluding carboxylic acids is 1. The van der Waals surface area contributed by atoms with E-state index < -0.39 is 0 Å². The highest BCUT2D eigenvalue weighted by Crippen LogP contribution is 2.65. The molecule has 1 nitrogen and oxygen atoms in total. The predicted molar refractivity (Wildman–Crippen MR) is 46.7 cm³/mol. The molecule has 12 heavy (non-hydrogen) atoms. The topological polar surface area (TPSA) is 17.1 Å². The first-order valence-electron chi connectivity index (χ1n) is 5.36. The van der Waals surface area contributed by atoms with Gasteiger partial charge in [0.1, 0.15) is 5.78 Å². The van der Waals surface area contributed by atoms with Crippen molar-refractivity contribution in [2.45, 2.75) is 44.9 Å². The maximum atomic E-state index is 11.6. The molecule has 3 saturated carbocycles. The summed E-state index contributed by atoms with van der Waals surface area (Å²) in [7, 11) is 0. The summed E-state index contributed by atoms with van der Waals surface area (Å²) in [6.07, 6.45) is 8.88. The lowest BCUT2D eigenvalue weighted by Crippen LogP contribution is -2.51. The molecule has 3 aliphatic carbocycles. The Morgan fingerprint density at radius 1 is 1.25 bits per heavy atom. The van der Waals surface area contributed by atoms with E-state index in [1.807, 2.05) is 0 Å². The summed E-state index contributed by atoms with van der Waals surface area (Å²) in [6.45, 7) is 0. The van der Waals surface area contributed by atoms with Gasteiger partial charge in [-0.3, -0.25) is 4.79 Å². The Morgan fingerprint density at radius 3 is 2.92 bits per heavy atom. The zero-order chi connectivity index (χ0) is 8.18. The maximum Gasteiger partial charge on any atom is 0.136 e. The molecule has 0 unspecified atom stereocenters. The smallest absolute Gasteiger partial charge is 0.136 e. The number of carbonyl (C=O) groups is 1. The van der Waals surface area contributed by atoms with Crippen LogP contribution in [0.4, 0.5) is 0 Å². The lowest BCUT2D eigenvalue weighted by Gasteiger charge is -2.54. The molecule has 0 radical (unpaired) electrons. The second-order valence-electron chi connectivity index (χ2n) is 4.93. The zero-order valence-electron chi connectivity index (χ0n) is 7.51. The molecule has 66 valence electrons. The van der Waals surface area contributed by atoms with Crippen molar-refractivity contribution in [2.75, 3.05) is 0 Å². The van der Waals surface area contributed by atoms with Crippen LogP contribution in [0.3, 0.4) is 0 Å². The Labute approximate surface area is 73.5 Å². The number of ketones is 1. The molecule has 3 atom stereocenters. The first kappa shape index (κ1) is 7.11. The minimum absolute atomic E-state index is 0.513. The van der Waals surface area contributed by atoms with Crippen molar-refractivity contribution >= 4 is 5.78 Å². The van der Waals surface area contributed by atoms with Crippen molar-refractivity contribution in [3.8, 4) is 0 Å². The fourth-order valence-corrected chi connectivity index (χ4v) is 4.06. The monoisotopic (exact) mass is 164 g/mol. The highest BCUT2D eigenvalue weighted by atomic mass is 16.1. The Bertz CT molecular complexity index is 233. The van der Waals surface area contributed by atoms with E-state index in [-0.39, 0.29) is 0 Å². The molecule has 3 rings (SSSR count). The van der Waals surface area contributed by atoms with Crippen LogP contribution in [0, 0.1) is 17.3 Å². The molecule has 0 aliphatic heterocycles. The van der Waals surface area contributed by atoms with Gasteiger partial charge in [0.05, 0.1) is 0 Å². The summed E-state index contributed by atoms with van der Waals surface area (Å²) in [5, 5.41) is 0. The second kappa shape index (κ2) is 2.12. The van der Waals surface area contributed by atoms with Gasteiger partial charge in [0.25, 0.3) is 0 Å². The second-order valence-corrected chi connectivity index (χ2v) is 4.93. The Hall–Kier alpha value is -0.330. The molecular formula is C11H16O. The summed E-state index contributed by atoms with van der Waals surface area (Å²) in [5.74, 6) is 2.06. The molecule has 3 fully saturated rings. The number of hydrogen-bond donors (Lipinski definition) is 0. The summed E-state index contributed by atoms with van der Waals surface area (Å²) >= 11 is 0. The molecule has 1 heteroatoms. The first-order valence-corrected chi connectivity index (χ1v) is 5.36. The number of rotatable bonds is 0. The quantitative estimate of drug-likeness (QED) is 0.537. The molecule has 1 spiro atoms. The average molecular weight is 164 g/mol. The van der Waals surface area contributed by atoms with Crippen LogP contribution in [0.25, 0.3) is 0 Å². The van der Waals surface area contributed by atoms with Crippen LogP contribution in [-0.2, 0) is 4.79 Å². The van der Waals surface area contributed by atoms with Crippen LogP contribution in [0.5, 0.6) is 0 Å². The molecule has 0 N–H and O–H groups in total. The van der Waals surface area contributed by atoms with Gasteiger partial charge in [-0.15, -0.1) is 0 Å². The van der Waals surface area contributed by atoms with Crippen molar-refractivity contribution in [3.63, 3.8) is 0 Å². The highest BCUT2D eigenvalue weighted by Gasteiger charge is 2.60. The minimum Gasteiger partial charge on any atom is -0.299 e. The summed E-state index contributed by atoms with van der Waals surface area (Å²) in [6, 6.07) is 0. The van der Waals surface area contributed by atoms with Gasteiger partial charge in [-0.25, -0.2) is 0 Å². The first-order chi connectivity index (χ1) is 5.83. The summed E-state index contributed by atoms with van der Waals surface area (Å²) in [5.41, 5.74) is 0.551. The molecule has 3 aliphatic rings. The molecule has 0 heterocycles. The molecule has 0 aromatic heterocycles. The van der Waals surface area contributed by atoms with Crippen molar-refractivity contribution < 1.29 is 4.79 Å². The Balaban J connectivity index is 1.92. The van der Waals surface area contributed by atoms with Gasteiger partial charge in [0, 0.05) is 12.3 Å². The van der Waals surface area contributed by atoms with E-state index in [2.05, 4.69) is 0 Å². The van der Waals surface area contributed by atoms with Crippen molar-refractivity contribution in [1.29, 1.82) is 0 Å². The average Bonchev–Trinajstić information content (AvgIpc) is 2.33. The van der Waals surface area contributed by atoms with E-state index in [0.29, 0.717) is 17.1 Å². The van der Waals surface area contributed by atoms with Crippen LogP contribution >= 0.6 is 0 Å². The largest absolute Gasteiger partial charge is 0.299 e. The molecule has 0 aromatic rings. The summed E-state index contributed by atoms with van der Waals surface area (Å²) in [4.78, 5) is 11.6. The van der Waals surface area contributed by atoms with E-state index >= 15 is 0 Å². The lowest BCUT2D eigenvalue weighted by molar-refractivity contribution is -0.146. The standard InChI is InChI=1S/C11H16O/c12-10-4-2-6-11-5-1-3-8(11)7-9(10)11/h8-9H,1-7H2/t8-,9-,11-/m1/s1. The molecule has 0 saturated heterocycles. The van der Waals surface area contributed by atoms with Crippen molar-refractivity contribution in [3.05, 3.63) is 0 Å². The molecular weight excluding hydrogens is 148 g/mol. The van der Waals surface area contributed by atoms with Gasteiger partial charge in [0.2, 0.25) is 0 Å². The molecule has 0 aromatic carbocycles. The fraction of sp³-hybridized carbons (Fsp3) is 0.909. The SMILES string of the molecule is O=C1CCC[C@]23CCC[C@@H]2C[C@H]13. The minimum atomic E-state index is 0.513. The van der Waals surface area contributed by atoms with Crippen molar-refractivity contribution in [2.24, 2.45) is 17.3 Å². The number of hydrogen-bond acceptors (Lipinski definition) is 1. The third-order valence-corrected chi connectivity index (χ3v) is 4.68. The third-order valence-electron chi connectivity index (χ3n) is 4.68. The Morgan fingerprint density at radius 2 is 2.08 bits per heavy atom. The maximum absolute atomic E-state index is 11.6. The molecule has 0 amide bonds. The third kappa shape index (κ3) is 0.641. The van der Waals surface area contributed by atoms with Crippen LogP contribution in [-0.4, -0.2) is 5.78 Å². The Kier molecular flexibility index (Phi) is 1.26. The van der Waals surface area contributed by atoms with E-state index in [4.69, 9.17) is 0 Å². The summed E-state index contributed by atoms with van der Waals surface area (Å²) < 4.78 is 0. The van der Waals surface area contributed by atoms with Gasteiger partial charge in [0.15, 0.2) is 0 Å². The lowest BCUT2D eigenvalue weighted by atomic mass is 9.49. The molecule has 0 bridgehead atoms. The van der Waals surface area contributed by atoms with E-state index in [1.54, 1.807) is 0 Å². The van der Waals surface area contributed by atoms with Gasteiger partial charge in [-0.05, 0) is 43.4 Å². The highest BCUT2D eigenvalue weighted by molar-refractivity contribution is 5.84. The van der Waals surface area contributed by atoms with Gasteiger partial charge < -0.3 is 0 Å². The van der Waals surface area contributed by atoms with Gasteiger partial charge in [-0.1, -0.05) is 6.42 Å². The van der Waals surface area contributed by atoms with E-state index in [1.165, 1.54) is 38.5 Å². The zero-order valence-corrected chi connectivity index (χ0v) is 7.51. The van der Waals surface area contributed by atoms with Gasteiger partial charge >= 0.3 is 0 Å². The normalized spacial score (nSPS) is 51.2. The van der Waals surface area contributed by atoms with E-state index in [9.17, 15) is 4.79 Å². The number of Topliss-reactive ketones (excluding diaryl/α,β-unsaturated/α-hetero) is 1. The van der Waals surface area contributed by atoms with Crippen LogP contribution < -0.4 is 0 Å². The predicted octanol–water partition coefficient (Wildman–Crippen LogP) is 2.55. The van der Waals surface area contributed by atoms with Gasteiger partial charge in [-0.2, -0.15) is 0 Å². The van der Waals surface area contributed by atoms with Crippen LogP contribution in [0.1, 0.15) is 44.9 Å².